The van der Waals surface area contributed by atoms with E-state index in [1.54, 1.807) is 13.2 Å². The highest BCUT2D eigenvalue weighted by molar-refractivity contribution is 6.30. The van der Waals surface area contributed by atoms with E-state index in [9.17, 15) is 4.79 Å². The van der Waals surface area contributed by atoms with E-state index in [2.05, 4.69) is 20.2 Å². The number of piperidine rings is 1. The summed E-state index contributed by atoms with van der Waals surface area (Å²) in [5, 5.41) is 4.14. The molecule has 1 atom stereocenters. The molecule has 1 aliphatic heterocycles. The molecular weight excluding hydrogens is 402 g/mol. The van der Waals surface area contributed by atoms with Gasteiger partial charge in [-0.3, -0.25) is 9.79 Å². The lowest BCUT2D eigenvalue weighted by molar-refractivity contribution is -0.122. The number of nitrogens with one attached hydrogen (secondary N) is 1. The maximum absolute atomic E-state index is 11.7. The molecule has 0 radical (unpaired) electrons. The summed E-state index contributed by atoms with van der Waals surface area (Å²) in [4.78, 5) is 24.9. The van der Waals surface area contributed by atoms with Crippen molar-refractivity contribution in [3.8, 4) is 0 Å². The first-order valence-electron chi connectivity index (χ1n) is 10.1. The lowest BCUT2D eigenvalue weighted by atomic mass is 9.97. The number of pyridine rings is 1. The quantitative estimate of drug-likeness (QED) is 0.539. The van der Waals surface area contributed by atoms with E-state index >= 15 is 0 Å². The number of hydrogen-bond acceptors (Lipinski definition) is 4. The summed E-state index contributed by atoms with van der Waals surface area (Å²) in [6, 6.07) is 5.93. The van der Waals surface area contributed by atoms with Crippen LogP contribution in [0.5, 0.6) is 0 Å². The third kappa shape index (κ3) is 5.24. The van der Waals surface area contributed by atoms with Gasteiger partial charge in [0.25, 0.3) is 0 Å². The first-order valence-corrected chi connectivity index (χ1v) is 10.5. The van der Waals surface area contributed by atoms with Gasteiger partial charge >= 0.3 is 0 Å². The Morgan fingerprint density at radius 3 is 2.97 bits per heavy atom. The summed E-state index contributed by atoms with van der Waals surface area (Å²) in [5.41, 5.74) is 7.69. The molecule has 1 amide bonds. The standard InChI is InChI=1S/C21H30ClN7O/c1-24-21(28(3)14-18-10-17(22)13-27(18)2)26-11-15-6-4-8-25-20(15)29-9-5-7-16(12-29)19(23)30/h4,6,8,10,13,16H,5,7,9,11-12,14H2,1-3H3,(H2,23,30)(H,24,26). The largest absolute Gasteiger partial charge is 0.369 e. The number of carbonyl (C=O) groups is 1. The van der Waals surface area contributed by atoms with E-state index in [0.717, 1.165) is 47.4 Å². The number of anilines is 1. The molecule has 1 fully saturated rings. The second kappa shape index (κ2) is 9.84. The molecule has 30 heavy (non-hydrogen) atoms. The number of nitrogens with two attached hydrogens (primary N) is 1. The molecule has 162 valence electrons. The lowest BCUT2D eigenvalue weighted by Crippen LogP contribution is -2.42. The van der Waals surface area contributed by atoms with Crippen molar-refractivity contribution in [2.75, 3.05) is 32.1 Å². The molecule has 8 nitrogen and oxygen atoms in total. The van der Waals surface area contributed by atoms with Crippen molar-refractivity contribution in [2.24, 2.45) is 23.7 Å². The van der Waals surface area contributed by atoms with Crippen LogP contribution in [0.1, 0.15) is 24.1 Å². The predicted molar refractivity (Wildman–Crippen MR) is 120 cm³/mol. The summed E-state index contributed by atoms with van der Waals surface area (Å²) < 4.78 is 2.01. The summed E-state index contributed by atoms with van der Waals surface area (Å²) >= 11 is 6.10. The average molecular weight is 432 g/mol. The second-order valence-electron chi connectivity index (χ2n) is 7.69. The van der Waals surface area contributed by atoms with E-state index in [1.165, 1.54) is 0 Å². The van der Waals surface area contributed by atoms with E-state index in [0.29, 0.717) is 19.6 Å². The SMILES string of the molecule is CN=C(NCc1cccnc1N1CCCC(C(N)=O)C1)N(C)Cc1cc(Cl)cn1C. The van der Waals surface area contributed by atoms with Crippen molar-refractivity contribution in [3.63, 3.8) is 0 Å². The van der Waals surface area contributed by atoms with Crippen LogP contribution in [0.15, 0.2) is 35.6 Å². The molecule has 3 heterocycles. The number of carbonyl (C=O) groups excluding carboxylic acids is 1. The van der Waals surface area contributed by atoms with Crippen LogP contribution in [-0.2, 0) is 24.9 Å². The van der Waals surface area contributed by atoms with Gasteiger partial charge in [-0.15, -0.1) is 0 Å². The van der Waals surface area contributed by atoms with Gasteiger partial charge in [0.05, 0.1) is 17.5 Å². The molecule has 1 saturated heterocycles. The zero-order valence-corrected chi connectivity index (χ0v) is 18.6. The van der Waals surface area contributed by atoms with Crippen molar-refractivity contribution < 1.29 is 4.79 Å². The number of aliphatic imine (C=N–C) groups is 1. The smallest absolute Gasteiger partial charge is 0.222 e. The fourth-order valence-corrected chi connectivity index (χ4v) is 4.13. The molecule has 1 unspecified atom stereocenters. The number of rotatable bonds is 6. The summed E-state index contributed by atoms with van der Waals surface area (Å²) in [6.45, 7) is 2.74. The summed E-state index contributed by atoms with van der Waals surface area (Å²) in [7, 11) is 5.73. The van der Waals surface area contributed by atoms with Crippen molar-refractivity contribution in [3.05, 3.63) is 46.9 Å². The molecule has 3 N–H and O–H groups in total. The van der Waals surface area contributed by atoms with Crippen LogP contribution in [0, 0.1) is 5.92 Å². The second-order valence-corrected chi connectivity index (χ2v) is 8.13. The van der Waals surface area contributed by atoms with Crippen LogP contribution in [0.25, 0.3) is 0 Å². The number of hydrogen-bond donors (Lipinski definition) is 2. The maximum atomic E-state index is 11.7. The Labute approximate surface area is 182 Å². The van der Waals surface area contributed by atoms with Gasteiger partial charge in [-0.2, -0.15) is 0 Å². The van der Waals surface area contributed by atoms with E-state index < -0.39 is 0 Å². The predicted octanol–water partition coefficient (Wildman–Crippen LogP) is 1.98. The Hall–Kier alpha value is -2.74. The number of nitrogens with zero attached hydrogens (tertiary/aromatic N) is 5. The molecule has 9 heteroatoms. The average Bonchev–Trinajstić information content (AvgIpc) is 3.05. The van der Waals surface area contributed by atoms with Crippen LogP contribution in [0.2, 0.25) is 5.02 Å². The van der Waals surface area contributed by atoms with Gasteiger partial charge in [-0.05, 0) is 25.0 Å². The Morgan fingerprint density at radius 1 is 1.50 bits per heavy atom. The minimum atomic E-state index is -0.238. The van der Waals surface area contributed by atoms with Crippen LogP contribution >= 0.6 is 11.6 Å². The number of halogens is 1. The molecule has 1 aliphatic rings. The Bertz CT molecular complexity index is 911. The van der Waals surface area contributed by atoms with Crippen LogP contribution < -0.4 is 16.0 Å². The minimum Gasteiger partial charge on any atom is -0.369 e. The third-order valence-electron chi connectivity index (χ3n) is 5.47. The summed E-state index contributed by atoms with van der Waals surface area (Å²) in [5.74, 6) is 1.30. The van der Waals surface area contributed by atoms with E-state index in [4.69, 9.17) is 17.3 Å². The van der Waals surface area contributed by atoms with Gasteiger partial charge in [0.15, 0.2) is 5.96 Å². The van der Waals surface area contributed by atoms with Gasteiger partial charge in [-0.25, -0.2) is 4.98 Å². The fraction of sp³-hybridized carbons (Fsp3) is 0.476. The summed E-state index contributed by atoms with van der Waals surface area (Å²) in [6.07, 6.45) is 5.45. The topological polar surface area (TPSA) is 91.8 Å². The van der Waals surface area contributed by atoms with E-state index in [-0.39, 0.29) is 11.8 Å². The zero-order valence-electron chi connectivity index (χ0n) is 17.8. The van der Waals surface area contributed by atoms with Crippen LogP contribution in [0.3, 0.4) is 0 Å². The molecule has 0 aromatic carbocycles. The highest BCUT2D eigenvalue weighted by atomic mass is 35.5. The number of primary amides is 1. The van der Waals surface area contributed by atoms with Gasteiger partial charge in [0.1, 0.15) is 5.82 Å². The van der Waals surface area contributed by atoms with Gasteiger partial charge in [0, 0.05) is 64.4 Å². The minimum absolute atomic E-state index is 0.127. The molecule has 2 aromatic rings. The van der Waals surface area contributed by atoms with E-state index in [1.807, 2.05) is 48.0 Å². The monoisotopic (exact) mass is 431 g/mol. The van der Waals surface area contributed by atoms with Crippen molar-refractivity contribution in [1.29, 1.82) is 0 Å². The molecule has 0 saturated carbocycles. The third-order valence-corrected chi connectivity index (χ3v) is 5.68. The molecule has 0 aliphatic carbocycles. The van der Waals surface area contributed by atoms with Gasteiger partial charge in [0.2, 0.25) is 5.91 Å². The zero-order chi connectivity index (χ0) is 21.7. The molecule has 2 aromatic heterocycles. The molecular formula is C21H30ClN7O. The highest BCUT2D eigenvalue weighted by Gasteiger charge is 2.26. The van der Waals surface area contributed by atoms with Gasteiger partial charge < -0.3 is 25.4 Å². The first-order chi connectivity index (χ1) is 14.4. The number of guanidine groups is 1. The Balaban J connectivity index is 1.67. The van der Waals surface area contributed by atoms with Gasteiger partial charge in [-0.1, -0.05) is 17.7 Å². The van der Waals surface area contributed by atoms with Crippen molar-refractivity contribution in [2.45, 2.75) is 25.9 Å². The fourth-order valence-electron chi connectivity index (χ4n) is 3.85. The van der Waals surface area contributed by atoms with Crippen molar-refractivity contribution >= 4 is 29.3 Å². The number of aryl methyl sites for hydroxylation is 1. The normalized spacial score (nSPS) is 17.1. The van der Waals surface area contributed by atoms with Crippen LogP contribution in [-0.4, -0.2) is 53.5 Å². The number of amides is 1. The molecule has 3 rings (SSSR count). The Morgan fingerprint density at radius 2 is 2.30 bits per heavy atom. The highest BCUT2D eigenvalue weighted by Crippen LogP contribution is 2.24. The molecule has 0 spiro atoms. The first kappa shape index (κ1) is 22.0. The Kier molecular flexibility index (Phi) is 7.20. The van der Waals surface area contributed by atoms with Crippen molar-refractivity contribution in [1.82, 2.24) is 19.8 Å². The maximum Gasteiger partial charge on any atom is 0.222 e. The molecule has 0 bridgehead atoms. The lowest BCUT2D eigenvalue weighted by Gasteiger charge is -2.33. The van der Waals surface area contributed by atoms with Crippen LogP contribution in [0.4, 0.5) is 5.82 Å². The number of aromatic nitrogens is 2.